The number of rotatable bonds is 4. The minimum Gasteiger partial charge on any atom is -0.263 e. The van der Waals surface area contributed by atoms with Gasteiger partial charge in [-0.1, -0.05) is 17.7 Å². The van der Waals surface area contributed by atoms with E-state index in [1.807, 2.05) is 0 Å². The van der Waals surface area contributed by atoms with Crippen molar-refractivity contribution in [3.63, 3.8) is 0 Å². The zero-order valence-electron chi connectivity index (χ0n) is 12.8. The van der Waals surface area contributed by atoms with E-state index in [-0.39, 0.29) is 5.82 Å². The van der Waals surface area contributed by atoms with E-state index in [1.54, 1.807) is 18.2 Å². The van der Waals surface area contributed by atoms with Gasteiger partial charge in [0.15, 0.2) is 5.82 Å². The van der Waals surface area contributed by atoms with E-state index in [2.05, 4.69) is 14.8 Å². The van der Waals surface area contributed by atoms with Crippen molar-refractivity contribution in [2.24, 2.45) is 0 Å². The van der Waals surface area contributed by atoms with Crippen molar-refractivity contribution in [3.8, 4) is 5.82 Å². The van der Waals surface area contributed by atoms with Crippen LogP contribution >= 0.6 is 11.6 Å². The Kier molecular flexibility index (Phi) is 4.63. The molecule has 3 aromatic rings. The molecule has 0 atom stereocenters. The Morgan fingerprint density at radius 2 is 1.85 bits per heavy atom. The number of benzene rings is 1. The fraction of sp³-hybridized carbons (Fsp3) is 0.0667. The molecule has 11 heteroatoms. The van der Waals surface area contributed by atoms with Crippen LogP contribution in [0.1, 0.15) is 5.56 Å². The second kappa shape index (κ2) is 6.61. The quantitative estimate of drug-likeness (QED) is 0.721. The van der Waals surface area contributed by atoms with Crippen LogP contribution in [-0.4, -0.2) is 23.2 Å². The lowest BCUT2D eigenvalue weighted by Crippen LogP contribution is -2.17. The molecule has 0 spiro atoms. The molecule has 0 aliphatic heterocycles. The molecule has 0 radical (unpaired) electrons. The maximum Gasteiger partial charge on any atom is 0.416 e. The molecule has 136 valence electrons. The average Bonchev–Trinajstić information content (AvgIpc) is 3.02. The average molecular weight is 403 g/mol. The first-order chi connectivity index (χ1) is 12.2. The molecule has 0 saturated carbocycles. The normalized spacial score (nSPS) is 12.2. The van der Waals surface area contributed by atoms with Gasteiger partial charge in [-0.05, 0) is 30.3 Å². The molecule has 26 heavy (non-hydrogen) atoms. The van der Waals surface area contributed by atoms with Crippen molar-refractivity contribution in [1.82, 2.24) is 14.8 Å². The number of nitrogens with one attached hydrogen (secondary N) is 1. The molecule has 0 aliphatic carbocycles. The lowest BCUT2D eigenvalue weighted by Gasteiger charge is -2.13. The molecule has 3 rings (SSSR count). The van der Waals surface area contributed by atoms with E-state index >= 15 is 0 Å². The Hall–Kier alpha value is -2.59. The fourth-order valence-corrected chi connectivity index (χ4v) is 3.72. The van der Waals surface area contributed by atoms with Crippen molar-refractivity contribution in [1.29, 1.82) is 0 Å². The van der Waals surface area contributed by atoms with Crippen LogP contribution in [0.25, 0.3) is 5.82 Å². The highest BCUT2D eigenvalue weighted by Crippen LogP contribution is 2.33. The lowest BCUT2D eigenvalue weighted by atomic mass is 10.2. The van der Waals surface area contributed by atoms with E-state index < -0.39 is 31.7 Å². The summed E-state index contributed by atoms with van der Waals surface area (Å²) in [5.41, 5.74) is -1.04. The SMILES string of the molecule is O=S(=O)(Nc1ccnn1-c1ccccn1)c1ccc(C(F)(F)F)cc1Cl. The topological polar surface area (TPSA) is 76.9 Å². The van der Waals surface area contributed by atoms with E-state index in [0.717, 1.165) is 6.07 Å². The van der Waals surface area contributed by atoms with Gasteiger partial charge in [-0.2, -0.15) is 23.0 Å². The third-order valence-corrected chi connectivity index (χ3v) is 5.13. The van der Waals surface area contributed by atoms with Gasteiger partial charge >= 0.3 is 6.18 Å². The van der Waals surface area contributed by atoms with Crippen LogP contribution in [0.3, 0.4) is 0 Å². The summed E-state index contributed by atoms with van der Waals surface area (Å²) in [5, 5.41) is 3.43. The molecule has 1 N–H and O–H groups in total. The Labute approximate surface area is 151 Å². The largest absolute Gasteiger partial charge is 0.416 e. The summed E-state index contributed by atoms with van der Waals surface area (Å²) < 4.78 is 66.6. The number of pyridine rings is 1. The van der Waals surface area contributed by atoms with Crippen molar-refractivity contribution < 1.29 is 21.6 Å². The van der Waals surface area contributed by atoms with E-state index in [9.17, 15) is 21.6 Å². The summed E-state index contributed by atoms with van der Waals surface area (Å²) in [6, 6.07) is 8.37. The summed E-state index contributed by atoms with van der Waals surface area (Å²) in [5.74, 6) is 0.411. The van der Waals surface area contributed by atoms with Crippen LogP contribution in [0.15, 0.2) is 59.8 Å². The lowest BCUT2D eigenvalue weighted by molar-refractivity contribution is -0.137. The van der Waals surface area contributed by atoms with Gasteiger partial charge in [0.2, 0.25) is 0 Å². The minimum atomic E-state index is -4.63. The number of anilines is 1. The van der Waals surface area contributed by atoms with Crippen LogP contribution in [0.2, 0.25) is 5.02 Å². The van der Waals surface area contributed by atoms with Gasteiger partial charge in [0, 0.05) is 12.3 Å². The molecular weight excluding hydrogens is 393 g/mol. The molecule has 2 heterocycles. The van der Waals surface area contributed by atoms with E-state index in [4.69, 9.17) is 11.6 Å². The number of aromatic nitrogens is 3. The smallest absolute Gasteiger partial charge is 0.263 e. The van der Waals surface area contributed by atoms with Crippen LogP contribution in [0.5, 0.6) is 0 Å². The van der Waals surface area contributed by atoms with Crippen LogP contribution in [0, 0.1) is 0 Å². The summed E-state index contributed by atoms with van der Waals surface area (Å²) in [6.45, 7) is 0. The fourth-order valence-electron chi connectivity index (χ4n) is 2.13. The first kappa shape index (κ1) is 18.2. The Morgan fingerprint density at radius 1 is 1.08 bits per heavy atom. The zero-order valence-corrected chi connectivity index (χ0v) is 14.3. The van der Waals surface area contributed by atoms with Crippen LogP contribution in [-0.2, 0) is 16.2 Å². The third-order valence-electron chi connectivity index (χ3n) is 3.30. The van der Waals surface area contributed by atoms with Crippen LogP contribution in [0.4, 0.5) is 19.0 Å². The molecule has 2 aromatic heterocycles. The van der Waals surface area contributed by atoms with Crippen molar-refractivity contribution in [3.05, 3.63) is 65.4 Å². The highest BCUT2D eigenvalue weighted by molar-refractivity contribution is 7.92. The molecule has 0 fully saturated rings. The first-order valence-corrected chi connectivity index (χ1v) is 8.89. The molecule has 0 unspecified atom stereocenters. The number of nitrogens with zero attached hydrogens (tertiary/aromatic N) is 3. The second-order valence-corrected chi connectivity index (χ2v) is 7.12. The van der Waals surface area contributed by atoms with Gasteiger partial charge in [-0.25, -0.2) is 13.4 Å². The predicted molar refractivity (Wildman–Crippen MR) is 88.6 cm³/mol. The molecule has 6 nitrogen and oxygen atoms in total. The summed E-state index contributed by atoms with van der Waals surface area (Å²) in [7, 11) is -4.24. The summed E-state index contributed by atoms with van der Waals surface area (Å²) in [4.78, 5) is 3.57. The maximum absolute atomic E-state index is 12.7. The highest BCUT2D eigenvalue weighted by atomic mass is 35.5. The minimum absolute atomic E-state index is 0.0552. The van der Waals surface area contributed by atoms with Gasteiger partial charge in [-0.15, -0.1) is 0 Å². The van der Waals surface area contributed by atoms with Crippen LogP contribution < -0.4 is 4.72 Å². The predicted octanol–water partition coefficient (Wildman–Crippen LogP) is 3.74. The molecular formula is C15H10ClF3N4O2S. The monoisotopic (exact) mass is 402 g/mol. The van der Waals surface area contributed by atoms with Gasteiger partial charge in [-0.3, -0.25) is 4.72 Å². The molecule has 0 aliphatic rings. The third kappa shape index (κ3) is 3.65. The van der Waals surface area contributed by atoms with Gasteiger partial charge < -0.3 is 0 Å². The van der Waals surface area contributed by atoms with Crippen molar-refractivity contribution in [2.45, 2.75) is 11.1 Å². The number of hydrogen-bond acceptors (Lipinski definition) is 4. The molecule has 0 saturated heterocycles. The Morgan fingerprint density at radius 3 is 2.46 bits per heavy atom. The van der Waals surface area contributed by atoms with Crippen molar-refractivity contribution >= 4 is 27.4 Å². The molecule has 0 bridgehead atoms. The van der Waals surface area contributed by atoms with Crippen molar-refractivity contribution in [2.75, 3.05) is 4.72 Å². The number of hydrogen-bond donors (Lipinski definition) is 1. The van der Waals surface area contributed by atoms with Gasteiger partial charge in [0.05, 0.1) is 16.8 Å². The van der Waals surface area contributed by atoms with Gasteiger partial charge in [0.1, 0.15) is 10.7 Å². The number of alkyl halides is 3. The number of sulfonamides is 1. The van der Waals surface area contributed by atoms with E-state index in [0.29, 0.717) is 18.0 Å². The van der Waals surface area contributed by atoms with Gasteiger partial charge in [0.25, 0.3) is 10.0 Å². The summed E-state index contributed by atoms with van der Waals surface area (Å²) in [6.07, 6.45) is -1.78. The molecule has 0 amide bonds. The number of halogens is 4. The maximum atomic E-state index is 12.7. The summed E-state index contributed by atoms with van der Waals surface area (Å²) >= 11 is 5.76. The Balaban J connectivity index is 1.95. The highest BCUT2D eigenvalue weighted by Gasteiger charge is 2.32. The first-order valence-electron chi connectivity index (χ1n) is 7.03. The molecule has 1 aromatic carbocycles. The second-order valence-electron chi connectivity index (χ2n) is 5.06. The standard InChI is InChI=1S/C15H10ClF3N4O2S/c16-11-9-10(15(17,18)19)4-5-12(11)26(24,25)22-14-6-8-21-23(14)13-3-1-2-7-20-13/h1-9,22H. The van der Waals surface area contributed by atoms with E-state index in [1.165, 1.54) is 23.1 Å². The zero-order chi connectivity index (χ0) is 18.9. The Bertz CT molecular complexity index is 1040.